The van der Waals surface area contributed by atoms with Crippen LogP contribution in [0.2, 0.25) is 0 Å². The van der Waals surface area contributed by atoms with Gasteiger partial charge in [-0.3, -0.25) is 9.29 Å². The highest BCUT2D eigenvalue weighted by Crippen LogP contribution is 2.47. The fourth-order valence-electron chi connectivity index (χ4n) is 5.00. The Balaban J connectivity index is 1.37. The van der Waals surface area contributed by atoms with Crippen LogP contribution in [-0.2, 0) is 0 Å². The molecule has 1 saturated heterocycles. The predicted molar refractivity (Wildman–Crippen MR) is 135 cm³/mol. The van der Waals surface area contributed by atoms with Crippen molar-refractivity contribution in [3.05, 3.63) is 83.4 Å². The molecule has 0 amide bonds. The van der Waals surface area contributed by atoms with Gasteiger partial charge in [0.15, 0.2) is 0 Å². The van der Waals surface area contributed by atoms with E-state index in [2.05, 4.69) is 4.90 Å². The number of halogens is 1. The largest absolute Gasteiger partial charge is 0.508 e. The van der Waals surface area contributed by atoms with Crippen molar-refractivity contribution in [1.29, 1.82) is 0 Å². The zero-order chi connectivity index (χ0) is 24.4. The third-order valence-corrected chi connectivity index (χ3v) is 6.88. The minimum atomic E-state index is -0.414. The number of nitrogens with zero attached hydrogens (tertiary/aromatic N) is 1. The zero-order valence-electron chi connectivity index (χ0n) is 19.8. The fourth-order valence-corrected chi connectivity index (χ4v) is 5.00. The first-order valence-electron chi connectivity index (χ1n) is 12.0. The lowest BCUT2D eigenvalue weighted by molar-refractivity contribution is 0.228. The molecule has 3 aromatic rings. The standard InChI is InChI=1S/C29H30FNO4/c1-19-26-10-7-24(33)16-27(26)35-29(28(19)22-3-2-4-23(32)15-22)21-5-8-25(9-6-21)34-14-13-31-12-11-20(17-30)18-31/h2-10,15-16,20,29,32-33H,11-14,17-18H2,1H3. The first kappa shape index (κ1) is 23.2. The monoisotopic (exact) mass is 475 g/mol. The third-order valence-electron chi connectivity index (χ3n) is 6.88. The summed E-state index contributed by atoms with van der Waals surface area (Å²) in [6.07, 6.45) is 0.504. The van der Waals surface area contributed by atoms with Crippen LogP contribution in [0.4, 0.5) is 4.39 Å². The van der Waals surface area contributed by atoms with Gasteiger partial charge in [0.05, 0.1) is 6.67 Å². The lowest BCUT2D eigenvalue weighted by Gasteiger charge is -2.31. The van der Waals surface area contributed by atoms with Gasteiger partial charge in [-0.2, -0.15) is 0 Å². The molecule has 0 spiro atoms. The molecular formula is C29H30FNO4. The SMILES string of the molecule is CC1=C(c2cccc(O)c2)C(c2ccc(OCCN3CCC(CF)C3)cc2)Oc2cc(O)ccc21. The molecule has 0 radical (unpaired) electrons. The van der Waals surface area contributed by atoms with E-state index in [1.54, 1.807) is 24.3 Å². The van der Waals surface area contributed by atoms with Gasteiger partial charge in [-0.05, 0) is 73.0 Å². The van der Waals surface area contributed by atoms with Crippen LogP contribution in [0, 0.1) is 5.92 Å². The minimum Gasteiger partial charge on any atom is -0.508 e. The van der Waals surface area contributed by atoms with Crippen molar-refractivity contribution in [2.75, 3.05) is 32.9 Å². The Morgan fingerprint density at radius 3 is 2.57 bits per heavy atom. The number of phenols is 2. The van der Waals surface area contributed by atoms with Crippen molar-refractivity contribution in [2.45, 2.75) is 19.4 Å². The van der Waals surface area contributed by atoms with E-state index >= 15 is 0 Å². The summed E-state index contributed by atoms with van der Waals surface area (Å²) >= 11 is 0. The summed E-state index contributed by atoms with van der Waals surface area (Å²) in [5, 5.41) is 20.1. The lowest BCUT2D eigenvalue weighted by Crippen LogP contribution is -2.26. The Labute approximate surface area is 205 Å². The highest BCUT2D eigenvalue weighted by Gasteiger charge is 2.30. The number of aromatic hydroxyl groups is 2. The van der Waals surface area contributed by atoms with Crippen molar-refractivity contribution >= 4 is 11.1 Å². The summed E-state index contributed by atoms with van der Waals surface area (Å²) in [6.45, 7) is 4.86. The fraction of sp³-hybridized carbons (Fsp3) is 0.310. The summed E-state index contributed by atoms with van der Waals surface area (Å²) in [5.41, 5.74) is 4.72. The van der Waals surface area contributed by atoms with Gasteiger partial charge in [0.2, 0.25) is 0 Å². The molecule has 0 aliphatic carbocycles. The van der Waals surface area contributed by atoms with E-state index in [-0.39, 0.29) is 24.1 Å². The Hall–Kier alpha value is -3.51. The predicted octanol–water partition coefficient (Wildman–Crippen LogP) is 5.83. The Morgan fingerprint density at radius 2 is 1.83 bits per heavy atom. The summed E-state index contributed by atoms with van der Waals surface area (Å²) in [6, 6.07) is 20.1. The Morgan fingerprint density at radius 1 is 1.03 bits per heavy atom. The van der Waals surface area contributed by atoms with Crippen molar-refractivity contribution in [3.8, 4) is 23.0 Å². The number of alkyl halides is 1. The number of fused-ring (bicyclic) bond motifs is 1. The normalized spacial score (nSPS) is 19.9. The van der Waals surface area contributed by atoms with E-state index in [9.17, 15) is 14.6 Å². The van der Waals surface area contributed by atoms with Crippen molar-refractivity contribution in [1.82, 2.24) is 4.90 Å². The second-order valence-electron chi connectivity index (χ2n) is 9.29. The van der Waals surface area contributed by atoms with Gasteiger partial charge in [0.1, 0.15) is 35.7 Å². The summed E-state index contributed by atoms with van der Waals surface area (Å²) in [7, 11) is 0. The average molecular weight is 476 g/mol. The molecule has 1 fully saturated rings. The molecule has 5 rings (SSSR count). The molecule has 2 atom stereocenters. The van der Waals surface area contributed by atoms with Crippen molar-refractivity contribution < 1.29 is 24.1 Å². The van der Waals surface area contributed by atoms with Crippen LogP contribution in [0.1, 0.15) is 36.1 Å². The molecule has 182 valence electrons. The molecule has 5 nitrogen and oxygen atoms in total. The molecule has 2 unspecified atom stereocenters. The molecule has 0 saturated carbocycles. The van der Waals surface area contributed by atoms with Gasteiger partial charge < -0.3 is 19.7 Å². The molecule has 35 heavy (non-hydrogen) atoms. The zero-order valence-corrected chi connectivity index (χ0v) is 19.8. The molecule has 2 heterocycles. The molecule has 2 N–H and O–H groups in total. The minimum absolute atomic E-state index is 0.149. The van der Waals surface area contributed by atoms with Gasteiger partial charge in [-0.15, -0.1) is 0 Å². The van der Waals surface area contributed by atoms with Crippen LogP contribution < -0.4 is 9.47 Å². The van der Waals surface area contributed by atoms with Gasteiger partial charge in [-0.25, -0.2) is 0 Å². The van der Waals surface area contributed by atoms with Crippen LogP contribution in [0.25, 0.3) is 11.1 Å². The van der Waals surface area contributed by atoms with Crippen LogP contribution in [0.3, 0.4) is 0 Å². The van der Waals surface area contributed by atoms with Gasteiger partial charge in [0, 0.05) is 36.2 Å². The number of rotatable bonds is 7. The number of likely N-dealkylation sites (tertiary alicyclic amines) is 1. The van der Waals surface area contributed by atoms with Crippen molar-refractivity contribution in [3.63, 3.8) is 0 Å². The molecule has 6 heteroatoms. The van der Waals surface area contributed by atoms with E-state index in [4.69, 9.17) is 9.47 Å². The van der Waals surface area contributed by atoms with Gasteiger partial charge >= 0.3 is 0 Å². The highest BCUT2D eigenvalue weighted by molar-refractivity contribution is 5.95. The maximum absolute atomic E-state index is 12.8. The summed E-state index contributed by atoms with van der Waals surface area (Å²) in [5.74, 6) is 1.89. The third kappa shape index (κ3) is 4.98. The number of allylic oxidation sites excluding steroid dienone is 1. The number of ether oxygens (including phenoxy) is 2. The lowest BCUT2D eigenvalue weighted by atomic mass is 9.86. The summed E-state index contributed by atoms with van der Waals surface area (Å²) < 4.78 is 25.2. The number of hydrogen-bond acceptors (Lipinski definition) is 5. The van der Waals surface area contributed by atoms with E-state index in [1.807, 2.05) is 49.4 Å². The van der Waals surface area contributed by atoms with Crippen LogP contribution >= 0.6 is 0 Å². The van der Waals surface area contributed by atoms with E-state index in [0.717, 1.165) is 59.6 Å². The van der Waals surface area contributed by atoms with Crippen LogP contribution in [0.15, 0.2) is 66.7 Å². The second kappa shape index (κ2) is 10.0. The smallest absolute Gasteiger partial charge is 0.150 e. The van der Waals surface area contributed by atoms with E-state index in [1.165, 1.54) is 0 Å². The first-order chi connectivity index (χ1) is 17.0. The van der Waals surface area contributed by atoms with Crippen LogP contribution in [0.5, 0.6) is 23.0 Å². The maximum atomic E-state index is 12.8. The molecule has 2 aliphatic heterocycles. The summed E-state index contributed by atoms with van der Waals surface area (Å²) in [4.78, 5) is 2.25. The van der Waals surface area contributed by atoms with Crippen LogP contribution in [-0.4, -0.2) is 48.0 Å². The Bertz CT molecular complexity index is 1220. The molecule has 0 bridgehead atoms. The molecule has 3 aromatic carbocycles. The van der Waals surface area contributed by atoms with Crippen molar-refractivity contribution in [2.24, 2.45) is 5.92 Å². The number of hydrogen-bond donors (Lipinski definition) is 2. The quantitative estimate of drug-likeness (QED) is 0.450. The topological polar surface area (TPSA) is 62.2 Å². The number of phenolic OH excluding ortho intramolecular Hbond substituents is 2. The molecule has 2 aliphatic rings. The second-order valence-corrected chi connectivity index (χ2v) is 9.29. The van der Waals surface area contributed by atoms with Gasteiger partial charge in [0.25, 0.3) is 0 Å². The Kier molecular flexibility index (Phi) is 6.64. The van der Waals surface area contributed by atoms with E-state index < -0.39 is 6.10 Å². The number of benzene rings is 3. The molecular weight excluding hydrogens is 445 g/mol. The highest BCUT2D eigenvalue weighted by atomic mass is 19.1. The maximum Gasteiger partial charge on any atom is 0.150 e. The molecule has 0 aromatic heterocycles. The average Bonchev–Trinajstić information content (AvgIpc) is 3.32. The van der Waals surface area contributed by atoms with Gasteiger partial charge in [-0.1, -0.05) is 24.3 Å². The van der Waals surface area contributed by atoms with E-state index in [0.29, 0.717) is 12.4 Å². The first-order valence-corrected chi connectivity index (χ1v) is 12.0.